The van der Waals surface area contributed by atoms with Crippen molar-refractivity contribution in [2.75, 3.05) is 26.0 Å². The van der Waals surface area contributed by atoms with Crippen molar-refractivity contribution in [1.82, 2.24) is 14.7 Å². The molecule has 0 saturated heterocycles. The van der Waals surface area contributed by atoms with Gasteiger partial charge in [0.1, 0.15) is 4.47 Å². The van der Waals surface area contributed by atoms with Crippen LogP contribution in [0.3, 0.4) is 0 Å². The van der Waals surface area contributed by atoms with Crippen LogP contribution < -0.4 is 10.9 Å². The summed E-state index contributed by atoms with van der Waals surface area (Å²) in [7, 11) is 3.96. The predicted octanol–water partition coefficient (Wildman–Crippen LogP) is 2.41. The molecule has 0 radical (unpaired) electrons. The Morgan fingerprint density at radius 1 is 1.33 bits per heavy atom. The molecule has 1 heterocycles. The number of aromatic nitrogens is 2. The van der Waals surface area contributed by atoms with Crippen molar-refractivity contribution in [1.29, 1.82) is 0 Å². The van der Waals surface area contributed by atoms with E-state index >= 15 is 0 Å². The molecule has 0 amide bonds. The molecule has 118 valence electrons. The zero-order chi connectivity index (χ0) is 16.0. The minimum absolute atomic E-state index is 0.0851. The molecule has 0 bridgehead atoms. The second-order valence-corrected chi connectivity index (χ2v) is 8.02. The Kier molecular flexibility index (Phi) is 4.23. The Morgan fingerprint density at radius 2 is 1.90 bits per heavy atom. The van der Waals surface area contributed by atoms with Crippen molar-refractivity contribution < 1.29 is 0 Å². The van der Waals surface area contributed by atoms with Crippen LogP contribution in [0.4, 0.5) is 5.69 Å². The van der Waals surface area contributed by atoms with Gasteiger partial charge in [-0.15, -0.1) is 0 Å². The highest BCUT2D eigenvalue weighted by Crippen LogP contribution is 2.63. The number of hydrogen-bond donors (Lipinski definition) is 1. The minimum atomic E-state index is -0.0851. The molecule has 5 nitrogen and oxygen atoms in total. The number of halogens is 1. The van der Waals surface area contributed by atoms with Crippen molar-refractivity contribution in [3.63, 3.8) is 0 Å². The van der Waals surface area contributed by atoms with Gasteiger partial charge in [0.25, 0.3) is 5.56 Å². The van der Waals surface area contributed by atoms with Crippen LogP contribution in [0.15, 0.2) is 15.5 Å². The molecule has 1 N–H and O–H groups in total. The van der Waals surface area contributed by atoms with Crippen LogP contribution in [0.5, 0.6) is 0 Å². The standard InChI is InChI=1S/C15H25BrN4O/c1-14(2)13(15(14,3)4)18-10-9-17-20(8-7-19(5)6)12(21)11(10)16/h9,13,18H,7-8H2,1-6H3. The lowest BCUT2D eigenvalue weighted by Gasteiger charge is -2.13. The van der Waals surface area contributed by atoms with E-state index in [4.69, 9.17) is 0 Å². The third-order valence-corrected chi connectivity index (χ3v) is 5.83. The second kappa shape index (κ2) is 5.39. The van der Waals surface area contributed by atoms with E-state index in [1.54, 1.807) is 6.20 Å². The highest BCUT2D eigenvalue weighted by Gasteiger charge is 2.65. The maximum atomic E-state index is 12.3. The topological polar surface area (TPSA) is 50.2 Å². The van der Waals surface area contributed by atoms with Gasteiger partial charge in [-0.3, -0.25) is 4.79 Å². The summed E-state index contributed by atoms with van der Waals surface area (Å²) >= 11 is 3.42. The molecule has 0 atom stereocenters. The van der Waals surface area contributed by atoms with Gasteiger partial charge in [0, 0.05) is 12.6 Å². The van der Waals surface area contributed by atoms with Crippen molar-refractivity contribution in [2.45, 2.75) is 40.3 Å². The molecule has 1 saturated carbocycles. The molecule has 21 heavy (non-hydrogen) atoms. The van der Waals surface area contributed by atoms with Crippen LogP contribution in [-0.2, 0) is 6.54 Å². The summed E-state index contributed by atoms with van der Waals surface area (Å²) in [6.45, 7) is 10.3. The number of likely N-dealkylation sites (N-methyl/N-ethyl adjacent to an activating group) is 1. The zero-order valence-electron chi connectivity index (χ0n) is 13.7. The second-order valence-electron chi connectivity index (χ2n) is 7.22. The van der Waals surface area contributed by atoms with Gasteiger partial charge in [0.2, 0.25) is 0 Å². The monoisotopic (exact) mass is 356 g/mol. The molecule has 0 aliphatic heterocycles. The number of hydrogen-bond acceptors (Lipinski definition) is 4. The van der Waals surface area contributed by atoms with E-state index in [1.165, 1.54) is 4.68 Å². The summed E-state index contributed by atoms with van der Waals surface area (Å²) in [5, 5.41) is 7.74. The molecular formula is C15H25BrN4O. The van der Waals surface area contributed by atoms with Gasteiger partial charge in [-0.1, -0.05) is 27.7 Å². The summed E-state index contributed by atoms with van der Waals surface area (Å²) in [6.07, 6.45) is 1.74. The van der Waals surface area contributed by atoms with Crippen molar-refractivity contribution >= 4 is 21.6 Å². The highest BCUT2D eigenvalue weighted by atomic mass is 79.9. The first kappa shape index (κ1) is 16.5. The van der Waals surface area contributed by atoms with Crippen LogP contribution in [0.1, 0.15) is 27.7 Å². The summed E-state index contributed by atoms with van der Waals surface area (Å²) in [4.78, 5) is 14.4. The summed E-state index contributed by atoms with van der Waals surface area (Å²) in [5.41, 5.74) is 1.13. The Morgan fingerprint density at radius 3 is 2.38 bits per heavy atom. The molecule has 0 spiro atoms. The van der Waals surface area contributed by atoms with Crippen LogP contribution in [0.2, 0.25) is 0 Å². The Hall–Kier alpha value is -0.880. The van der Waals surface area contributed by atoms with Crippen LogP contribution in [0, 0.1) is 10.8 Å². The number of rotatable bonds is 5. The first-order valence-electron chi connectivity index (χ1n) is 7.26. The third-order valence-electron chi connectivity index (χ3n) is 5.06. The number of anilines is 1. The fraction of sp³-hybridized carbons (Fsp3) is 0.733. The molecule has 0 aromatic carbocycles. The Bertz CT molecular complexity index is 578. The zero-order valence-corrected chi connectivity index (χ0v) is 15.3. The van der Waals surface area contributed by atoms with E-state index in [1.807, 2.05) is 19.0 Å². The first-order valence-corrected chi connectivity index (χ1v) is 8.05. The minimum Gasteiger partial charge on any atom is -0.379 e. The fourth-order valence-corrected chi connectivity index (χ4v) is 3.15. The predicted molar refractivity (Wildman–Crippen MR) is 89.7 cm³/mol. The van der Waals surface area contributed by atoms with Gasteiger partial charge in [-0.05, 0) is 40.9 Å². The maximum Gasteiger partial charge on any atom is 0.283 e. The molecule has 1 aromatic heterocycles. The van der Waals surface area contributed by atoms with Gasteiger partial charge < -0.3 is 10.2 Å². The van der Waals surface area contributed by atoms with Crippen molar-refractivity contribution in [2.24, 2.45) is 10.8 Å². The van der Waals surface area contributed by atoms with Crippen molar-refractivity contribution in [3.8, 4) is 0 Å². The fourth-order valence-electron chi connectivity index (χ4n) is 2.73. The van der Waals surface area contributed by atoms with Gasteiger partial charge in [-0.2, -0.15) is 5.10 Å². The van der Waals surface area contributed by atoms with E-state index in [9.17, 15) is 4.79 Å². The summed E-state index contributed by atoms with van der Waals surface area (Å²) < 4.78 is 2.06. The van der Waals surface area contributed by atoms with E-state index in [-0.39, 0.29) is 16.4 Å². The molecule has 6 heteroatoms. The van der Waals surface area contributed by atoms with E-state index in [0.29, 0.717) is 17.1 Å². The van der Waals surface area contributed by atoms with Crippen LogP contribution >= 0.6 is 15.9 Å². The summed E-state index contributed by atoms with van der Waals surface area (Å²) in [6, 6.07) is 0.347. The molecule has 0 unspecified atom stereocenters. The third kappa shape index (κ3) is 2.88. The molecule has 1 aliphatic carbocycles. The largest absolute Gasteiger partial charge is 0.379 e. The molecule has 1 fully saturated rings. The number of nitrogens with one attached hydrogen (secondary N) is 1. The lowest BCUT2D eigenvalue weighted by atomic mass is 10.0. The van der Waals surface area contributed by atoms with Crippen LogP contribution in [-0.4, -0.2) is 41.4 Å². The van der Waals surface area contributed by atoms with Gasteiger partial charge in [-0.25, -0.2) is 4.68 Å². The molecular weight excluding hydrogens is 332 g/mol. The van der Waals surface area contributed by atoms with Gasteiger partial charge >= 0.3 is 0 Å². The summed E-state index contributed by atoms with van der Waals surface area (Å²) in [5.74, 6) is 0. The van der Waals surface area contributed by atoms with E-state index in [2.05, 4.69) is 54.0 Å². The average Bonchev–Trinajstić information content (AvgIpc) is 2.76. The average molecular weight is 357 g/mol. The smallest absolute Gasteiger partial charge is 0.283 e. The first-order chi connectivity index (χ1) is 9.59. The van der Waals surface area contributed by atoms with Crippen LogP contribution in [0.25, 0.3) is 0 Å². The Balaban J connectivity index is 2.17. The number of nitrogens with zero attached hydrogens (tertiary/aromatic N) is 3. The quantitative estimate of drug-likeness (QED) is 0.879. The van der Waals surface area contributed by atoms with E-state index in [0.717, 1.165) is 12.2 Å². The molecule has 1 aliphatic rings. The maximum absolute atomic E-state index is 12.3. The molecule has 2 rings (SSSR count). The normalized spacial score (nSPS) is 19.8. The van der Waals surface area contributed by atoms with E-state index < -0.39 is 0 Å². The highest BCUT2D eigenvalue weighted by molar-refractivity contribution is 9.10. The lowest BCUT2D eigenvalue weighted by Crippen LogP contribution is -2.29. The van der Waals surface area contributed by atoms with Gasteiger partial charge in [0.05, 0.1) is 18.4 Å². The Labute approximate surface area is 134 Å². The molecule has 1 aromatic rings. The van der Waals surface area contributed by atoms with Gasteiger partial charge in [0.15, 0.2) is 0 Å². The lowest BCUT2D eigenvalue weighted by molar-refractivity contribution is 0.367. The van der Waals surface area contributed by atoms with Crippen molar-refractivity contribution in [3.05, 3.63) is 21.0 Å². The SMILES string of the molecule is CN(C)CCn1ncc(NC2C(C)(C)C2(C)C)c(Br)c1=O.